The average molecular weight is 591 g/mol. The summed E-state index contributed by atoms with van der Waals surface area (Å²) in [6.45, 7) is 0.751. The SMILES string of the molecule is COc1cc2nccc(Oc3ccc(NC(=O)c4cn(CCF)c(C)c(-c5ccc(F)cc5)c4=O)cc3F)c2nc1OC. The predicted octanol–water partition coefficient (Wildman–Crippen LogP) is 6.08. The number of nitrogens with one attached hydrogen (secondary N) is 1. The molecule has 0 fully saturated rings. The van der Waals surface area contributed by atoms with Crippen molar-refractivity contribution in [3.63, 3.8) is 0 Å². The van der Waals surface area contributed by atoms with Crippen LogP contribution >= 0.6 is 0 Å². The van der Waals surface area contributed by atoms with E-state index in [1.165, 1.54) is 73.6 Å². The number of hydrogen-bond donors (Lipinski definition) is 1. The molecule has 0 aliphatic rings. The number of ether oxygens (including phenoxy) is 3. The third kappa shape index (κ3) is 5.85. The van der Waals surface area contributed by atoms with E-state index in [1.54, 1.807) is 13.0 Å². The number of methoxy groups -OCH3 is 2. The number of anilines is 1. The first kappa shape index (κ1) is 29.1. The molecule has 0 aliphatic carbocycles. The molecule has 1 amide bonds. The first-order valence-corrected chi connectivity index (χ1v) is 13.0. The van der Waals surface area contributed by atoms with Crippen molar-refractivity contribution in [3.8, 4) is 34.3 Å². The van der Waals surface area contributed by atoms with Crippen molar-refractivity contribution >= 4 is 22.6 Å². The Morgan fingerprint density at radius 2 is 1.74 bits per heavy atom. The zero-order valence-corrected chi connectivity index (χ0v) is 23.3. The van der Waals surface area contributed by atoms with Crippen LogP contribution in [-0.2, 0) is 6.54 Å². The number of nitrogens with zero attached hydrogens (tertiary/aromatic N) is 3. The van der Waals surface area contributed by atoms with Crippen molar-refractivity contribution in [1.82, 2.24) is 14.5 Å². The summed E-state index contributed by atoms with van der Waals surface area (Å²) in [4.78, 5) is 35.2. The van der Waals surface area contributed by atoms with Gasteiger partial charge in [-0.25, -0.2) is 18.2 Å². The van der Waals surface area contributed by atoms with Crippen LogP contribution in [0, 0.1) is 18.6 Å². The number of hydrogen-bond acceptors (Lipinski definition) is 7. The molecular weight excluding hydrogens is 565 g/mol. The molecule has 12 heteroatoms. The Morgan fingerprint density at radius 3 is 2.42 bits per heavy atom. The van der Waals surface area contributed by atoms with Crippen LogP contribution in [-0.4, -0.2) is 41.3 Å². The Kier molecular flexibility index (Phi) is 8.28. The number of rotatable bonds is 9. The fourth-order valence-electron chi connectivity index (χ4n) is 4.56. The average Bonchev–Trinajstić information content (AvgIpc) is 3.00. The van der Waals surface area contributed by atoms with E-state index in [0.717, 1.165) is 6.07 Å². The molecule has 3 heterocycles. The highest BCUT2D eigenvalue weighted by Crippen LogP contribution is 2.35. The smallest absolute Gasteiger partial charge is 0.261 e. The zero-order chi connectivity index (χ0) is 30.7. The summed E-state index contributed by atoms with van der Waals surface area (Å²) in [5.41, 5.74) is 0.746. The van der Waals surface area contributed by atoms with Crippen molar-refractivity contribution in [2.75, 3.05) is 26.2 Å². The Hall–Kier alpha value is -5.39. The maximum absolute atomic E-state index is 15.2. The van der Waals surface area contributed by atoms with E-state index in [9.17, 15) is 18.4 Å². The third-order valence-electron chi connectivity index (χ3n) is 6.68. The Bertz CT molecular complexity index is 1890. The lowest BCUT2D eigenvalue weighted by Crippen LogP contribution is -2.26. The van der Waals surface area contributed by atoms with Crippen LogP contribution in [0.5, 0.6) is 23.1 Å². The number of pyridine rings is 3. The van der Waals surface area contributed by atoms with Gasteiger partial charge >= 0.3 is 0 Å². The molecule has 0 saturated heterocycles. The van der Waals surface area contributed by atoms with Gasteiger partial charge in [0, 0.05) is 47.5 Å². The molecular formula is C31H25F3N4O5. The van der Waals surface area contributed by atoms with Crippen LogP contribution in [0.4, 0.5) is 18.9 Å². The first-order valence-electron chi connectivity index (χ1n) is 13.0. The van der Waals surface area contributed by atoms with E-state index in [4.69, 9.17) is 14.2 Å². The number of amides is 1. The third-order valence-corrected chi connectivity index (χ3v) is 6.68. The number of carbonyl (C=O) groups is 1. The number of halogens is 3. The Morgan fingerprint density at radius 1 is 0.977 bits per heavy atom. The van der Waals surface area contributed by atoms with Gasteiger partial charge in [-0.3, -0.25) is 14.6 Å². The summed E-state index contributed by atoms with van der Waals surface area (Å²) in [6, 6.07) is 12.0. The predicted molar refractivity (Wildman–Crippen MR) is 154 cm³/mol. The van der Waals surface area contributed by atoms with Crippen LogP contribution in [0.1, 0.15) is 16.1 Å². The number of carbonyl (C=O) groups excluding carboxylic acids is 1. The molecule has 0 unspecified atom stereocenters. The van der Waals surface area contributed by atoms with Gasteiger partial charge in [-0.15, -0.1) is 0 Å². The van der Waals surface area contributed by atoms with Crippen LogP contribution < -0.4 is 25.0 Å². The minimum absolute atomic E-state index is 0.0410. The highest BCUT2D eigenvalue weighted by atomic mass is 19.1. The lowest BCUT2D eigenvalue weighted by molar-refractivity contribution is 0.102. The molecule has 220 valence electrons. The lowest BCUT2D eigenvalue weighted by atomic mass is 10.0. The monoisotopic (exact) mass is 590 g/mol. The second-order valence-electron chi connectivity index (χ2n) is 9.30. The van der Waals surface area contributed by atoms with Gasteiger partial charge in [0.25, 0.3) is 11.8 Å². The van der Waals surface area contributed by atoms with Crippen molar-refractivity contribution in [3.05, 3.63) is 100 Å². The number of aromatic nitrogens is 3. The van der Waals surface area contributed by atoms with Gasteiger partial charge in [-0.05, 0) is 36.8 Å². The Labute approximate surface area is 243 Å². The number of benzene rings is 2. The minimum Gasteiger partial charge on any atom is -0.491 e. The topological polar surface area (TPSA) is 105 Å². The summed E-state index contributed by atoms with van der Waals surface area (Å²) in [6.07, 6.45) is 2.72. The van der Waals surface area contributed by atoms with E-state index < -0.39 is 29.6 Å². The van der Waals surface area contributed by atoms with Crippen LogP contribution in [0.3, 0.4) is 0 Å². The molecule has 0 radical (unpaired) electrons. The van der Waals surface area contributed by atoms with Gasteiger partial charge in [-0.2, -0.15) is 0 Å². The van der Waals surface area contributed by atoms with Crippen LogP contribution in [0.15, 0.2) is 71.8 Å². The molecule has 5 aromatic rings. The van der Waals surface area contributed by atoms with E-state index in [2.05, 4.69) is 15.3 Å². The fourth-order valence-corrected chi connectivity index (χ4v) is 4.56. The van der Waals surface area contributed by atoms with Crippen LogP contribution in [0.2, 0.25) is 0 Å². The standard InChI is InChI=1S/C31H25F3N4O5/c1-17-27(18-4-6-19(33)7-5-18)29(39)21(16-38(17)13-11-32)30(40)36-20-8-9-24(22(34)14-20)43-25-10-12-35-23-15-26(41-2)31(42-3)37-28(23)25/h4-10,12,14-16H,11,13H2,1-3H3,(H,36,40). The molecule has 9 nitrogen and oxygen atoms in total. The highest BCUT2D eigenvalue weighted by molar-refractivity contribution is 6.04. The minimum atomic E-state index is -0.834. The van der Waals surface area contributed by atoms with Crippen LogP contribution in [0.25, 0.3) is 22.2 Å². The molecule has 0 spiro atoms. The molecule has 0 atom stereocenters. The van der Waals surface area contributed by atoms with E-state index in [-0.39, 0.29) is 40.7 Å². The Balaban J connectivity index is 1.44. The van der Waals surface area contributed by atoms with Gasteiger partial charge in [0.05, 0.1) is 26.3 Å². The van der Waals surface area contributed by atoms with Gasteiger partial charge in [0.1, 0.15) is 23.6 Å². The summed E-state index contributed by atoms with van der Waals surface area (Å²) >= 11 is 0. The molecule has 0 bridgehead atoms. The molecule has 3 aromatic heterocycles. The van der Waals surface area contributed by atoms with Crippen molar-refractivity contribution < 1.29 is 32.2 Å². The zero-order valence-electron chi connectivity index (χ0n) is 23.3. The highest BCUT2D eigenvalue weighted by Gasteiger charge is 2.21. The number of aryl methyl sites for hydroxylation is 1. The molecule has 2 aromatic carbocycles. The summed E-state index contributed by atoms with van der Waals surface area (Å²) in [7, 11) is 2.89. The molecule has 5 rings (SSSR count). The summed E-state index contributed by atoms with van der Waals surface area (Å²) in [5.74, 6) is -1.56. The van der Waals surface area contributed by atoms with Crippen molar-refractivity contribution in [1.29, 1.82) is 0 Å². The normalized spacial score (nSPS) is 10.9. The molecule has 43 heavy (non-hydrogen) atoms. The van der Waals surface area contributed by atoms with Gasteiger partial charge in [-0.1, -0.05) is 12.1 Å². The second kappa shape index (κ2) is 12.2. The largest absolute Gasteiger partial charge is 0.491 e. The van der Waals surface area contributed by atoms with E-state index >= 15 is 4.39 Å². The summed E-state index contributed by atoms with van der Waals surface area (Å²) < 4.78 is 59.7. The maximum Gasteiger partial charge on any atom is 0.261 e. The number of alkyl halides is 1. The van der Waals surface area contributed by atoms with Crippen molar-refractivity contribution in [2.24, 2.45) is 0 Å². The van der Waals surface area contributed by atoms with Gasteiger partial charge in [0.2, 0.25) is 5.43 Å². The maximum atomic E-state index is 15.2. The fraction of sp³-hybridized carbons (Fsp3) is 0.161. The number of fused-ring (bicyclic) bond motifs is 1. The van der Waals surface area contributed by atoms with Gasteiger partial charge < -0.3 is 24.1 Å². The van der Waals surface area contributed by atoms with Crippen molar-refractivity contribution in [2.45, 2.75) is 13.5 Å². The molecule has 0 saturated carbocycles. The quantitative estimate of drug-likeness (QED) is 0.222. The lowest BCUT2D eigenvalue weighted by Gasteiger charge is -2.16. The molecule has 0 aliphatic heterocycles. The van der Waals surface area contributed by atoms with E-state index in [0.29, 0.717) is 28.0 Å². The summed E-state index contributed by atoms with van der Waals surface area (Å²) in [5, 5.41) is 2.51. The van der Waals surface area contributed by atoms with E-state index in [1.807, 2.05) is 0 Å². The first-order chi connectivity index (χ1) is 20.7. The molecule has 1 N–H and O–H groups in total. The second-order valence-corrected chi connectivity index (χ2v) is 9.30. The van der Waals surface area contributed by atoms with Gasteiger partial charge in [0.15, 0.2) is 23.1 Å².